The van der Waals surface area contributed by atoms with Crippen molar-refractivity contribution in [3.05, 3.63) is 52.8 Å². The Bertz CT molecular complexity index is 1310. The van der Waals surface area contributed by atoms with Crippen molar-refractivity contribution in [3.8, 4) is 17.3 Å². The zero-order valence-electron chi connectivity index (χ0n) is 20.6. The lowest BCUT2D eigenvalue weighted by Crippen LogP contribution is -2.42. The van der Waals surface area contributed by atoms with E-state index in [9.17, 15) is 9.59 Å². The molecule has 1 aromatic carbocycles. The summed E-state index contributed by atoms with van der Waals surface area (Å²) >= 11 is 0. The molecule has 0 aliphatic carbocycles. The van der Waals surface area contributed by atoms with Gasteiger partial charge in [0.05, 0.1) is 12.7 Å². The Labute approximate surface area is 204 Å². The molecule has 2 amide bonds. The third-order valence-electron chi connectivity index (χ3n) is 6.54. The van der Waals surface area contributed by atoms with E-state index in [0.717, 1.165) is 42.8 Å². The van der Waals surface area contributed by atoms with E-state index in [-0.39, 0.29) is 11.8 Å². The molecule has 182 valence electrons. The molecule has 4 heterocycles. The number of amides is 2. The standard InChI is InChI=1S/C26H30N6O3/c1-26(2,3)25(34)31-12-10-16-14-20(35-4)18(13-17(16)15-31)24(33)28-21-8-5-7-19(27-21)23-30-29-22-9-6-11-32(22)23/h5,7-8,13-14H,6,9-12,15H2,1-4H3,(H,27,28,33). The second kappa shape index (κ2) is 8.79. The van der Waals surface area contributed by atoms with Crippen LogP contribution in [0.15, 0.2) is 30.3 Å². The van der Waals surface area contributed by atoms with Crippen molar-refractivity contribution in [2.45, 2.75) is 53.1 Å². The van der Waals surface area contributed by atoms with Crippen LogP contribution in [0.2, 0.25) is 0 Å². The zero-order chi connectivity index (χ0) is 24.7. The maximum atomic E-state index is 13.3. The molecule has 0 unspecified atom stereocenters. The fourth-order valence-electron chi connectivity index (χ4n) is 4.73. The van der Waals surface area contributed by atoms with Gasteiger partial charge in [0, 0.05) is 31.5 Å². The Balaban J connectivity index is 1.40. The van der Waals surface area contributed by atoms with Crippen molar-refractivity contribution < 1.29 is 14.3 Å². The molecule has 2 aliphatic rings. The number of aryl methyl sites for hydroxylation is 1. The predicted molar refractivity (Wildman–Crippen MR) is 131 cm³/mol. The molecule has 9 nitrogen and oxygen atoms in total. The molecule has 5 rings (SSSR count). The highest BCUT2D eigenvalue weighted by Gasteiger charge is 2.30. The van der Waals surface area contributed by atoms with E-state index < -0.39 is 5.41 Å². The number of benzene rings is 1. The Kier molecular flexibility index (Phi) is 5.78. The Morgan fingerprint density at radius 1 is 1.06 bits per heavy atom. The van der Waals surface area contributed by atoms with Gasteiger partial charge in [-0.1, -0.05) is 26.8 Å². The van der Waals surface area contributed by atoms with Gasteiger partial charge in [0.25, 0.3) is 5.91 Å². The number of carbonyl (C=O) groups excluding carboxylic acids is 2. The van der Waals surface area contributed by atoms with Crippen LogP contribution in [-0.4, -0.2) is 50.1 Å². The van der Waals surface area contributed by atoms with Gasteiger partial charge in [0.2, 0.25) is 5.91 Å². The number of anilines is 1. The number of aromatic nitrogens is 4. The fraction of sp³-hybridized carbons (Fsp3) is 0.423. The largest absolute Gasteiger partial charge is 0.496 e. The average Bonchev–Trinajstić information content (AvgIpc) is 3.46. The fourth-order valence-corrected chi connectivity index (χ4v) is 4.73. The molecule has 2 aliphatic heterocycles. The zero-order valence-corrected chi connectivity index (χ0v) is 20.6. The van der Waals surface area contributed by atoms with Gasteiger partial charge in [-0.2, -0.15) is 0 Å². The average molecular weight is 475 g/mol. The molecule has 0 saturated heterocycles. The van der Waals surface area contributed by atoms with Gasteiger partial charge in [-0.05, 0) is 48.2 Å². The second-order valence-corrected chi connectivity index (χ2v) is 10.1. The lowest BCUT2D eigenvalue weighted by Gasteiger charge is -2.34. The first-order valence-corrected chi connectivity index (χ1v) is 11.9. The molecule has 9 heteroatoms. The number of carbonyl (C=O) groups is 2. The molecule has 1 N–H and O–H groups in total. The lowest BCUT2D eigenvalue weighted by atomic mass is 9.91. The number of ether oxygens (including phenoxy) is 1. The van der Waals surface area contributed by atoms with Crippen LogP contribution in [0.25, 0.3) is 11.5 Å². The highest BCUT2D eigenvalue weighted by atomic mass is 16.5. The van der Waals surface area contributed by atoms with Crippen molar-refractivity contribution in [1.82, 2.24) is 24.6 Å². The highest BCUT2D eigenvalue weighted by molar-refractivity contribution is 6.06. The summed E-state index contributed by atoms with van der Waals surface area (Å²) in [7, 11) is 1.56. The maximum absolute atomic E-state index is 13.3. The number of nitrogens with one attached hydrogen (secondary N) is 1. The minimum Gasteiger partial charge on any atom is -0.496 e. The molecular weight excluding hydrogens is 444 g/mol. The number of nitrogens with zero attached hydrogens (tertiary/aromatic N) is 5. The third kappa shape index (κ3) is 4.38. The summed E-state index contributed by atoms with van der Waals surface area (Å²) in [6.45, 7) is 7.77. The molecule has 0 spiro atoms. The number of hydrogen-bond donors (Lipinski definition) is 1. The molecule has 0 radical (unpaired) electrons. The number of methoxy groups -OCH3 is 1. The van der Waals surface area contributed by atoms with Crippen LogP contribution in [0.3, 0.4) is 0 Å². The summed E-state index contributed by atoms with van der Waals surface area (Å²) in [6, 6.07) is 9.20. The molecule has 35 heavy (non-hydrogen) atoms. The molecule has 2 aromatic heterocycles. The monoisotopic (exact) mass is 474 g/mol. The first-order chi connectivity index (χ1) is 16.7. The summed E-state index contributed by atoms with van der Waals surface area (Å²) in [5.74, 6) is 2.39. The smallest absolute Gasteiger partial charge is 0.260 e. The summed E-state index contributed by atoms with van der Waals surface area (Å²) in [5.41, 5.74) is 2.67. The normalized spacial score (nSPS) is 14.9. The highest BCUT2D eigenvalue weighted by Crippen LogP contribution is 2.31. The quantitative estimate of drug-likeness (QED) is 0.621. The molecule has 0 bridgehead atoms. The van der Waals surface area contributed by atoms with E-state index in [1.165, 1.54) is 0 Å². The van der Waals surface area contributed by atoms with Gasteiger partial charge in [0.1, 0.15) is 23.1 Å². The molecule has 3 aromatic rings. The van der Waals surface area contributed by atoms with Gasteiger partial charge in [-0.15, -0.1) is 10.2 Å². The van der Waals surface area contributed by atoms with Gasteiger partial charge in [-0.25, -0.2) is 4.98 Å². The first-order valence-electron chi connectivity index (χ1n) is 11.9. The van der Waals surface area contributed by atoms with Crippen molar-refractivity contribution in [2.75, 3.05) is 19.0 Å². The van der Waals surface area contributed by atoms with Crippen molar-refractivity contribution in [3.63, 3.8) is 0 Å². The number of pyridine rings is 1. The summed E-state index contributed by atoms with van der Waals surface area (Å²) in [5, 5.41) is 11.4. The topological polar surface area (TPSA) is 102 Å². The van der Waals surface area contributed by atoms with Crippen LogP contribution in [0, 0.1) is 5.41 Å². The lowest BCUT2D eigenvalue weighted by molar-refractivity contribution is -0.140. The van der Waals surface area contributed by atoms with Crippen LogP contribution in [0.1, 0.15) is 54.5 Å². The molecule has 0 fully saturated rings. The van der Waals surface area contributed by atoms with Gasteiger partial charge in [-0.3, -0.25) is 9.59 Å². The Morgan fingerprint density at radius 3 is 2.66 bits per heavy atom. The minimum absolute atomic E-state index is 0.103. The predicted octanol–water partition coefficient (Wildman–Crippen LogP) is 3.48. The van der Waals surface area contributed by atoms with Crippen LogP contribution >= 0.6 is 0 Å². The number of hydrogen-bond acceptors (Lipinski definition) is 6. The van der Waals surface area contributed by atoms with E-state index >= 15 is 0 Å². The Hall–Kier alpha value is -3.75. The van der Waals surface area contributed by atoms with Gasteiger partial charge >= 0.3 is 0 Å². The number of rotatable bonds is 4. The van der Waals surface area contributed by atoms with Crippen LogP contribution < -0.4 is 10.1 Å². The van der Waals surface area contributed by atoms with Gasteiger partial charge in [0.15, 0.2) is 5.82 Å². The van der Waals surface area contributed by atoms with Crippen LogP contribution in [0.5, 0.6) is 5.75 Å². The van der Waals surface area contributed by atoms with E-state index in [0.29, 0.717) is 41.7 Å². The third-order valence-corrected chi connectivity index (χ3v) is 6.54. The molecular formula is C26H30N6O3. The summed E-state index contributed by atoms with van der Waals surface area (Å²) in [6.07, 6.45) is 2.69. The van der Waals surface area contributed by atoms with Gasteiger partial charge < -0.3 is 19.5 Å². The van der Waals surface area contributed by atoms with E-state index in [1.807, 2.05) is 49.9 Å². The van der Waals surface area contributed by atoms with E-state index in [4.69, 9.17) is 4.74 Å². The first kappa shape index (κ1) is 23.0. The maximum Gasteiger partial charge on any atom is 0.260 e. The minimum atomic E-state index is -0.453. The SMILES string of the molecule is COc1cc2c(cc1C(=O)Nc1cccc(-c3nnc4n3CCC4)n1)CN(C(=O)C(C)(C)C)CC2. The Morgan fingerprint density at radius 2 is 1.89 bits per heavy atom. The molecule has 0 atom stereocenters. The van der Waals surface area contributed by atoms with Crippen molar-refractivity contribution in [1.29, 1.82) is 0 Å². The summed E-state index contributed by atoms with van der Waals surface area (Å²) in [4.78, 5) is 32.6. The van der Waals surface area contributed by atoms with Crippen LogP contribution in [0.4, 0.5) is 5.82 Å². The molecule has 0 saturated carbocycles. The van der Waals surface area contributed by atoms with E-state index in [1.54, 1.807) is 13.2 Å². The van der Waals surface area contributed by atoms with E-state index in [2.05, 4.69) is 25.1 Å². The summed E-state index contributed by atoms with van der Waals surface area (Å²) < 4.78 is 7.62. The second-order valence-electron chi connectivity index (χ2n) is 10.1. The number of fused-ring (bicyclic) bond motifs is 2. The van der Waals surface area contributed by atoms with Crippen LogP contribution in [-0.2, 0) is 30.7 Å². The van der Waals surface area contributed by atoms with Crippen molar-refractivity contribution in [2.24, 2.45) is 5.41 Å². The van der Waals surface area contributed by atoms with Crippen molar-refractivity contribution >= 4 is 17.6 Å².